The molecule has 1 saturated carbocycles. The molecular weight excluding hydrogens is 408 g/mol. The van der Waals surface area contributed by atoms with E-state index in [-0.39, 0.29) is 36.0 Å². The molecule has 2 fully saturated rings. The predicted octanol–water partition coefficient (Wildman–Crippen LogP) is 3.64. The van der Waals surface area contributed by atoms with Gasteiger partial charge in [-0.05, 0) is 48.6 Å². The van der Waals surface area contributed by atoms with Crippen LogP contribution in [0.5, 0.6) is 5.75 Å². The molecule has 1 aliphatic carbocycles. The number of fused-ring (bicyclic) bond motifs is 1. The fraction of sp³-hybridized carbons (Fsp3) is 0.423. The van der Waals surface area contributed by atoms with Crippen LogP contribution in [0.25, 0.3) is 0 Å². The number of aliphatic hydroxyl groups excluding tert-OH is 2. The number of rotatable bonds is 7. The standard InChI is InChI=1S/C26H30O6/c27-20(16-31-21-7-2-1-3-8-21)10-12-22-23-11-9-19(15-32-25(23)14-24(22)28)17-5-4-6-18(13-17)26(29)30/h1-8,10,12-13,19-20,22-25,27-28H,9,11,14-16H2,(H,29,30)/b12-10+/t19-,20+,22+,23+,24+,25-/m0/s1. The van der Waals surface area contributed by atoms with Crippen molar-refractivity contribution in [3.63, 3.8) is 0 Å². The maximum absolute atomic E-state index is 11.3. The number of aliphatic hydroxyl groups is 2. The second-order valence-corrected chi connectivity index (χ2v) is 8.70. The number of carbonyl (C=O) groups is 1. The van der Waals surface area contributed by atoms with Crippen molar-refractivity contribution in [2.45, 2.75) is 43.5 Å². The van der Waals surface area contributed by atoms with Crippen LogP contribution >= 0.6 is 0 Å². The van der Waals surface area contributed by atoms with Crippen molar-refractivity contribution < 1.29 is 29.6 Å². The Morgan fingerprint density at radius 1 is 1.16 bits per heavy atom. The Labute approximate surface area is 188 Å². The van der Waals surface area contributed by atoms with Crippen LogP contribution in [0.1, 0.15) is 41.1 Å². The molecule has 6 heteroatoms. The van der Waals surface area contributed by atoms with Gasteiger partial charge in [-0.3, -0.25) is 0 Å². The minimum Gasteiger partial charge on any atom is -0.491 e. The molecule has 0 spiro atoms. The third-order valence-electron chi connectivity index (χ3n) is 6.57. The van der Waals surface area contributed by atoms with Gasteiger partial charge in [0.15, 0.2) is 0 Å². The summed E-state index contributed by atoms with van der Waals surface area (Å²) >= 11 is 0. The van der Waals surface area contributed by atoms with E-state index in [0.29, 0.717) is 18.8 Å². The summed E-state index contributed by atoms with van der Waals surface area (Å²) in [6.45, 7) is 0.664. The SMILES string of the molecule is O=C(O)c1cccc([C@H]2CC[C@@H]3[C@@H](/C=C/[C@@H](O)COc4ccccc4)[C@H](O)C[C@@H]3OC2)c1. The molecule has 0 amide bonds. The minimum absolute atomic E-state index is 0.0370. The van der Waals surface area contributed by atoms with E-state index in [4.69, 9.17) is 9.47 Å². The Hall–Kier alpha value is -2.67. The van der Waals surface area contributed by atoms with Crippen molar-refractivity contribution in [3.8, 4) is 5.75 Å². The molecule has 3 N–H and O–H groups in total. The molecule has 1 aliphatic heterocycles. The van der Waals surface area contributed by atoms with Crippen LogP contribution in [0.15, 0.2) is 66.7 Å². The van der Waals surface area contributed by atoms with Crippen LogP contribution in [0.2, 0.25) is 0 Å². The van der Waals surface area contributed by atoms with Gasteiger partial charge in [0.1, 0.15) is 18.5 Å². The number of carboxylic acids is 1. The first kappa shape index (κ1) is 22.5. The number of aromatic carboxylic acids is 1. The molecule has 2 aromatic carbocycles. The van der Waals surface area contributed by atoms with Crippen molar-refractivity contribution in [1.29, 1.82) is 0 Å². The highest BCUT2D eigenvalue weighted by Gasteiger charge is 2.43. The minimum atomic E-state index is -0.929. The van der Waals surface area contributed by atoms with Gasteiger partial charge in [-0.2, -0.15) is 0 Å². The lowest BCUT2D eigenvalue weighted by Gasteiger charge is -2.21. The van der Waals surface area contributed by atoms with Crippen molar-refractivity contribution in [1.82, 2.24) is 0 Å². The second-order valence-electron chi connectivity index (χ2n) is 8.70. The second kappa shape index (κ2) is 10.3. The molecule has 6 atom stereocenters. The number of ether oxygens (including phenoxy) is 2. The number of para-hydroxylation sites is 1. The lowest BCUT2D eigenvalue weighted by molar-refractivity contribution is 0.0286. The number of hydrogen-bond donors (Lipinski definition) is 3. The molecule has 6 nitrogen and oxygen atoms in total. The van der Waals surface area contributed by atoms with Crippen molar-refractivity contribution in [2.75, 3.05) is 13.2 Å². The van der Waals surface area contributed by atoms with Crippen molar-refractivity contribution in [2.24, 2.45) is 11.8 Å². The topological polar surface area (TPSA) is 96.2 Å². The molecule has 2 aliphatic rings. The van der Waals surface area contributed by atoms with Gasteiger partial charge in [0.05, 0.1) is 24.4 Å². The van der Waals surface area contributed by atoms with E-state index < -0.39 is 18.2 Å². The van der Waals surface area contributed by atoms with Crippen LogP contribution < -0.4 is 4.74 Å². The van der Waals surface area contributed by atoms with Gasteiger partial charge < -0.3 is 24.8 Å². The Bertz CT molecular complexity index is 927. The van der Waals surface area contributed by atoms with E-state index in [0.717, 1.165) is 18.4 Å². The molecule has 0 radical (unpaired) electrons. The molecule has 1 heterocycles. The molecule has 0 aromatic heterocycles. The Morgan fingerprint density at radius 3 is 2.75 bits per heavy atom. The van der Waals surface area contributed by atoms with Crippen LogP contribution in [0.4, 0.5) is 0 Å². The van der Waals surface area contributed by atoms with Gasteiger partial charge in [0.25, 0.3) is 0 Å². The highest BCUT2D eigenvalue weighted by Crippen LogP contribution is 2.43. The first-order valence-electron chi connectivity index (χ1n) is 11.2. The van der Waals surface area contributed by atoms with Gasteiger partial charge in [-0.15, -0.1) is 0 Å². The molecule has 0 bridgehead atoms. The summed E-state index contributed by atoms with van der Waals surface area (Å²) in [7, 11) is 0. The monoisotopic (exact) mass is 438 g/mol. The Balaban J connectivity index is 1.36. The summed E-state index contributed by atoms with van der Waals surface area (Å²) in [6.07, 6.45) is 4.61. The first-order chi connectivity index (χ1) is 15.5. The number of benzene rings is 2. The third kappa shape index (κ3) is 5.38. The van der Waals surface area contributed by atoms with Crippen LogP contribution in [-0.2, 0) is 4.74 Å². The molecule has 170 valence electrons. The first-order valence-corrected chi connectivity index (χ1v) is 11.2. The summed E-state index contributed by atoms with van der Waals surface area (Å²) < 4.78 is 11.8. The van der Waals surface area contributed by atoms with Gasteiger partial charge in [-0.1, -0.05) is 42.5 Å². The lowest BCUT2D eigenvalue weighted by atomic mass is 9.85. The quantitative estimate of drug-likeness (QED) is 0.571. The molecule has 32 heavy (non-hydrogen) atoms. The van der Waals surface area contributed by atoms with Gasteiger partial charge in [0.2, 0.25) is 0 Å². The summed E-state index contributed by atoms with van der Waals surface area (Å²) in [4.78, 5) is 11.3. The van der Waals surface area contributed by atoms with Crippen LogP contribution in [0.3, 0.4) is 0 Å². The maximum atomic E-state index is 11.3. The van der Waals surface area contributed by atoms with Gasteiger partial charge >= 0.3 is 5.97 Å². The van der Waals surface area contributed by atoms with Crippen LogP contribution in [-0.4, -0.2) is 52.8 Å². The zero-order valence-electron chi connectivity index (χ0n) is 17.9. The highest BCUT2D eigenvalue weighted by molar-refractivity contribution is 5.87. The van der Waals surface area contributed by atoms with E-state index in [1.54, 1.807) is 24.3 Å². The Kier molecular flexibility index (Phi) is 7.25. The van der Waals surface area contributed by atoms with E-state index in [2.05, 4.69) is 0 Å². The molecule has 2 aromatic rings. The zero-order valence-corrected chi connectivity index (χ0v) is 17.9. The lowest BCUT2D eigenvalue weighted by Crippen LogP contribution is -2.22. The fourth-order valence-corrected chi connectivity index (χ4v) is 4.86. The molecular formula is C26H30O6. The van der Waals surface area contributed by atoms with Crippen molar-refractivity contribution >= 4 is 5.97 Å². The summed E-state index contributed by atoms with van der Waals surface area (Å²) in [5.74, 6) is -0.0179. The van der Waals surface area contributed by atoms with E-state index >= 15 is 0 Å². The van der Waals surface area contributed by atoms with E-state index in [9.17, 15) is 20.1 Å². The summed E-state index contributed by atoms with van der Waals surface area (Å²) in [6, 6.07) is 16.4. The summed E-state index contributed by atoms with van der Waals surface area (Å²) in [5, 5.41) is 30.2. The molecule has 0 unspecified atom stereocenters. The van der Waals surface area contributed by atoms with Crippen LogP contribution in [0, 0.1) is 11.8 Å². The van der Waals surface area contributed by atoms with Gasteiger partial charge in [0, 0.05) is 18.3 Å². The predicted molar refractivity (Wildman–Crippen MR) is 120 cm³/mol. The van der Waals surface area contributed by atoms with E-state index in [1.807, 2.05) is 42.5 Å². The van der Waals surface area contributed by atoms with E-state index in [1.165, 1.54) is 0 Å². The van der Waals surface area contributed by atoms with Gasteiger partial charge in [-0.25, -0.2) is 4.79 Å². The number of carboxylic acid groups (broad SMARTS) is 1. The fourth-order valence-electron chi connectivity index (χ4n) is 4.86. The Morgan fingerprint density at radius 2 is 1.97 bits per heavy atom. The largest absolute Gasteiger partial charge is 0.491 e. The average molecular weight is 439 g/mol. The zero-order chi connectivity index (χ0) is 22.5. The third-order valence-corrected chi connectivity index (χ3v) is 6.57. The molecule has 1 saturated heterocycles. The average Bonchev–Trinajstić information content (AvgIpc) is 2.96. The number of hydrogen-bond acceptors (Lipinski definition) is 5. The van der Waals surface area contributed by atoms with Crippen molar-refractivity contribution in [3.05, 3.63) is 77.9 Å². The summed E-state index contributed by atoms with van der Waals surface area (Å²) in [5.41, 5.74) is 1.26. The molecule has 4 rings (SSSR count). The normalized spacial score (nSPS) is 28.8. The highest BCUT2D eigenvalue weighted by atomic mass is 16.5. The smallest absolute Gasteiger partial charge is 0.335 e. The maximum Gasteiger partial charge on any atom is 0.335 e.